The molecule has 0 aliphatic carbocycles. The monoisotopic (exact) mass is 438 g/mol. The zero-order valence-electron chi connectivity index (χ0n) is 16.9. The summed E-state index contributed by atoms with van der Waals surface area (Å²) in [5.74, 6) is -0.0518. The third kappa shape index (κ3) is 4.40. The van der Waals surface area contributed by atoms with Crippen molar-refractivity contribution in [2.24, 2.45) is 0 Å². The minimum Gasteiger partial charge on any atom is -0.482 e. The molecular formula is C23H22N2O5S. The van der Waals surface area contributed by atoms with Crippen LogP contribution in [0.2, 0.25) is 0 Å². The predicted molar refractivity (Wildman–Crippen MR) is 116 cm³/mol. The number of nitrogens with zero attached hydrogens (tertiary/aromatic N) is 1. The molecule has 0 unspecified atom stereocenters. The average Bonchev–Trinajstić information content (AvgIpc) is 2.80. The van der Waals surface area contributed by atoms with Crippen LogP contribution in [-0.4, -0.2) is 32.4 Å². The average molecular weight is 439 g/mol. The number of carbonyl (C=O) groups excluding carboxylic acids is 1. The number of esters is 1. The Hall–Kier alpha value is -3.36. The molecule has 1 atom stereocenters. The summed E-state index contributed by atoms with van der Waals surface area (Å²) in [6.07, 6.45) is -0.651. The third-order valence-corrected chi connectivity index (χ3v) is 6.86. The third-order valence-electron chi connectivity index (χ3n) is 4.99. The minimum atomic E-state index is -3.76. The molecule has 0 radical (unpaired) electrons. The molecule has 1 aliphatic heterocycles. The molecule has 0 bridgehead atoms. The molecule has 0 aromatic heterocycles. The first-order chi connectivity index (χ1) is 15.0. The van der Waals surface area contributed by atoms with Gasteiger partial charge in [-0.05, 0) is 35.4 Å². The summed E-state index contributed by atoms with van der Waals surface area (Å²) in [5.41, 5.74) is 2.10. The molecule has 1 heterocycles. The van der Waals surface area contributed by atoms with Crippen molar-refractivity contribution in [3.05, 3.63) is 90.0 Å². The highest BCUT2D eigenvalue weighted by molar-refractivity contribution is 7.89. The molecule has 4 rings (SSSR count). The van der Waals surface area contributed by atoms with Gasteiger partial charge in [-0.15, -0.1) is 0 Å². The van der Waals surface area contributed by atoms with Crippen LogP contribution < -0.4 is 10.1 Å². The van der Waals surface area contributed by atoms with Crippen LogP contribution in [0.4, 0.5) is 5.69 Å². The first kappa shape index (κ1) is 20.9. The van der Waals surface area contributed by atoms with Gasteiger partial charge >= 0.3 is 5.97 Å². The van der Waals surface area contributed by atoms with Crippen LogP contribution in [0, 0.1) is 0 Å². The topological polar surface area (TPSA) is 84.9 Å². The number of rotatable bonds is 6. The maximum absolute atomic E-state index is 13.5. The lowest BCUT2D eigenvalue weighted by atomic mass is 10.1. The van der Waals surface area contributed by atoms with E-state index in [1.807, 2.05) is 36.4 Å². The van der Waals surface area contributed by atoms with Crippen LogP contribution in [0.25, 0.3) is 0 Å². The minimum absolute atomic E-state index is 0.197. The molecule has 160 valence electrons. The van der Waals surface area contributed by atoms with Crippen molar-refractivity contribution in [1.82, 2.24) is 4.31 Å². The molecule has 1 aliphatic rings. The molecule has 3 aromatic carbocycles. The zero-order valence-corrected chi connectivity index (χ0v) is 17.7. The van der Waals surface area contributed by atoms with Crippen LogP contribution in [0.3, 0.4) is 0 Å². The van der Waals surface area contributed by atoms with Gasteiger partial charge < -0.3 is 14.8 Å². The maximum Gasteiger partial charge on any atom is 0.343 e. The van der Waals surface area contributed by atoms with Gasteiger partial charge in [0.1, 0.15) is 16.8 Å². The standard InChI is InChI=1S/C23H22N2O5S/c1-29-22(26)16-30-19-11-7-10-18(14-19)23-24-20-12-5-6-13-21(20)31(27,28)25(23)15-17-8-3-2-4-9-17/h2-14,23-24H,15-16H2,1H3/t23-/m1/s1. The first-order valence-corrected chi connectivity index (χ1v) is 11.1. The quantitative estimate of drug-likeness (QED) is 0.593. The van der Waals surface area contributed by atoms with E-state index < -0.39 is 22.2 Å². The van der Waals surface area contributed by atoms with E-state index in [2.05, 4.69) is 10.1 Å². The van der Waals surface area contributed by atoms with Crippen molar-refractivity contribution in [2.45, 2.75) is 17.6 Å². The Kier molecular flexibility index (Phi) is 5.92. The number of hydrogen-bond acceptors (Lipinski definition) is 6. The lowest BCUT2D eigenvalue weighted by Gasteiger charge is -2.37. The molecule has 3 aromatic rings. The van der Waals surface area contributed by atoms with Crippen LogP contribution in [0.15, 0.2) is 83.8 Å². The number of para-hydroxylation sites is 1. The molecule has 31 heavy (non-hydrogen) atoms. The summed E-state index contributed by atoms with van der Waals surface area (Å²) >= 11 is 0. The summed E-state index contributed by atoms with van der Waals surface area (Å²) in [6, 6.07) is 23.3. The van der Waals surface area contributed by atoms with Gasteiger partial charge in [0.2, 0.25) is 10.0 Å². The molecule has 0 spiro atoms. The Labute approximate surface area is 181 Å². The highest BCUT2D eigenvalue weighted by Gasteiger charge is 2.38. The summed E-state index contributed by atoms with van der Waals surface area (Å²) in [7, 11) is -2.48. The molecule has 8 heteroatoms. The molecule has 7 nitrogen and oxygen atoms in total. The number of methoxy groups -OCH3 is 1. The number of ether oxygens (including phenoxy) is 2. The molecule has 0 fully saturated rings. The van der Waals surface area contributed by atoms with Gasteiger partial charge in [0.05, 0.1) is 12.8 Å². The fraction of sp³-hybridized carbons (Fsp3) is 0.174. The number of benzene rings is 3. The lowest BCUT2D eigenvalue weighted by Crippen LogP contribution is -2.42. The first-order valence-electron chi connectivity index (χ1n) is 9.70. The van der Waals surface area contributed by atoms with E-state index in [0.29, 0.717) is 17.0 Å². The highest BCUT2D eigenvalue weighted by Crippen LogP contribution is 2.39. The second kappa shape index (κ2) is 8.79. The number of hydrogen-bond donors (Lipinski definition) is 1. The SMILES string of the molecule is COC(=O)COc1cccc([C@@H]2Nc3ccccc3S(=O)(=O)N2Cc2ccccc2)c1. The normalized spacial score (nSPS) is 17.3. The van der Waals surface area contributed by atoms with E-state index in [0.717, 1.165) is 5.56 Å². The van der Waals surface area contributed by atoms with Gasteiger partial charge in [-0.1, -0.05) is 54.6 Å². The number of nitrogens with one attached hydrogen (secondary N) is 1. The van der Waals surface area contributed by atoms with Crippen molar-refractivity contribution >= 4 is 21.7 Å². The van der Waals surface area contributed by atoms with Gasteiger partial charge in [-0.3, -0.25) is 0 Å². The maximum atomic E-state index is 13.5. The van der Waals surface area contributed by atoms with E-state index in [4.69, 9.17) is 4.74 Å². The second-order valence-corrected chi connectivity index (χ2v) is 8.88. The number of fused-ring (bicyclic) bond motifs is 1. The molecular weight excluding hydrogens is 416 g/mol. The molecule has 0 amide bonds. The van der Waals surface area contributed by atoms with Gasteiger partial charge in [0.25, 0.3) is 0 Å². The van der Waals surface area contributed by atoms with E-state index in [9.17, 15) is 13.2 Å². The number of anilines is 1. The fourth-order valence-corrected chi connectivity index (χ4v) is 5.14. The van der Waals surface area contributed by atoms with Crippen LogP contribution in [0.1, 0.15) is 17.3 Å². The smallest absolute Gasteiger partial charge is 0.343 e. The van der Waals surface area contributed by atoms with Crippen molar-refractivity contribution in [3.63, 3.8) is 0 Å². The lowest BCUT2D eigenvalue weighted by molar-refractivity contribution is -0.142. The van der Waals surface area contributed by atoms with Crippen molar-refractivity contribution in [1.29, 1.82) is 0 Å². The van der Waals surface area contributed by atoms with E-state index in [1.54, 1.807) is 42.5 Å². The van der Waals surface area contributed by atoms with Gasteiger partial charge in [0, 0.05) is 6.54 Å². The van der Waals surface area contributed by atoms with Crippen LogP contribution >= 0.6 is 0 Å². The summed E-state index contributed by atoms with van der Waals surface area (Å²) in [6.45, 7) is -0.0324. The van der Waals surface area contributed by atoms with E-state index in [-0.39, 0.29) is 18.0 Å². The van der Waals surface area contributed by atoms with Gasteiger partial charge in [-0.2, -0.15) is 4.31 Å². The van der Waals surface area contributed by atoms with Crippen LogP contribution in [-0.2, 0) is 26.1 Å². The number of carbonyl (C=O) groups is 1. The van der Waals surface area contributed by atoms with Crippen LogP contribution in [0.5, 0.6) is 5.75 Å². The zero-order chi connectivity index (χ0) is 21.8. The summed E-state index contributed by atoms with van der Waals surface area (Å²) in [4.78, 5) is 11.6. The summed E-state index contributed by atoms with van der Waals surface area (Å²) in [5, 5.41) is 3.34. The molecule has 0 saturated heterocycles. The predicted octanol–water partition coefficient (Wildman–Crippen LogP) is 3.55. The van der Waals surface area contributed by atoms with Gasteiger partial charge in [-0.25, -0.2) is 13.2 Å². The second-order valence-electron chi connectivity index (χ2n) is 7.02. The largest absolute Gasteiger partial charge is 0.482 e. The molecule has 1 N–H and O–H groups in total. The number of sulfonamides is 1. The van der Waals surface area contributed by atoms with E-state index >= 15 is 0 Å². The van der Waals surface area contributed by atoms with Gasteiger partial charge in [0.15, 0.2) is 6.61 Å². The summed E-state index contributed by atoms with van der Waals surface area (Å²) < 4.78 is 38.6. The Balaban J connectivity index is 1.73. The van der Waals surface area contributed by atoms with Crippen molar-refractivity contribution < 1.29 is 22.7 Å². The Morgan fingerprint density at radius 3 is 2.52 bits per heavy atom. The fourth-order valence-electron chi connectivity index (χ4n) is 3.46. The Morgan fingerprint density at radius 1 is 1.00 bits per heavy atom. The molecule has 0 saturated carbocycles. The Bertz CT molecular complexity index is 1180. The Morgan fingerprint density at radius 2 is 1.74 bits per heavy atom. The van der Waals surface area contributed by atoms with Crippen molar-refractivity contribution in [3.8, 4) is 5.75 Å². The van der Waals surface area contributed by atoms with E-state index in [1.165, 1.54) is 11.4 Å². The highest BCUT2D eigenvalue weighted by atomic mass is 32.2. The van der Waals surface area contributed by atoms with Crippen molar-refractivity contribution in [2.75, 3.05) is 19.0 Å².